The number of hydrogen-bond acceptors (Lipinski definition) is 5. The van der Waals surface area contributed by atoms with E-state index >= 15 is 0 Å². The van der Waals surface area contributed by atoms with Crippen LogP contribution in [-0.2, 0) is 26.2 Å². The minimum Gasteiger partial charge on any atom is -0.481 e. The van der Waals surface area contributed by atoms with Gasteiger partial charge in [0.05, 0.1) is 12.0 Å². The summed E-state index contributed by atoms with van der Waals surface area (Å²) in [5.41, 5.74) is 0.670. The van der Waals surface area contributed by atoms with Gasteiger partial charge in [-0.1, -0.05) is 51.2 Å². The molecule has 212 valence electrons. The van der Waals surface area contributed by atoms with E-state index in [1.807, 2.05) is 24.1 Å². The van der Waals surface area contributed by atoms with Crippen molar-refractivity contribution in [1.29, 1.82) is 0 Å². The molecule has 0 spiro atoms. The predicted octanol–water partition coefficient (Wildman–Crippen LogP) is 4.41. The van der Waals surface area contributed by atoms with Crippen molar-refractivity contribution in [3.63, 3.8) is 0 Å². The smallest absolute Gasteiger partial charge is 0.481 e. The summed E-state index contributed by atoms with van der Waals surface area (Å²) in [6.07, 6.45) is 4.39. The monoisotopic (exact) mass is 553 g/mol. The van der Waals surface area contributed by atoms with Crippen molar-refractivity contribution in [3.05, 3.63) is 29.8 Å². The number of halogens is 3. The van der Waals surface area contributed by atoms with Gasteiger partial charge in [-0.3, -0.25) is 9.52 Å². The number of anilines is 1. The zero-order valence-corrected chi connectivity index (χ0v) is 22.1. The van der Waals surface area contributed by atoms with Gasteiger partial charge in [-0.2, -0.15) is 26.3 Å². The lowest BCUT2D eigenvalue weighted by Gasteiger charge is -2.40. The number of aliphatic carboxylic acids is 2. The minimum absolute atomic E-state index is 0.241. The highest BCUT2D eigenvalue weighted by molar-refractivity contribution is 7.90. The molecule has 1 unspecified atom stereocenters. The van der Waals surface area contributed by atoms with Gasteiger partial charge in [0.1, 0.15) is 0 Å². The molecule has 1 saturated heterocycles. The van der Waals surface area contributed by atoms with Gasteiger partial charge in [0.25, 0.3) is 10.2 Å². The van der Waals surface area contributed by atoms with Crippen molar-refractivity contribution < 1.29 is 41.4 Å². The summed E-state index contributed by atoms with van der Waals surface area (Å²) < 4.78 is 62.3. The van der Waals surface area contributed by atoms with Crippen LogP contribution in [0.4, 0.5) is 18.9 Å². The second-order valence-corrected chi connectivity index (χ2v) is 10.8. The largest absolute Gasteiger partial charge is 0.490 e. The molecule has 0 saturated carbocycles. The second-order valence-electron chi connectivity index (χ2n) is 9.42. The number of carboxylic acids is 2. The summed E-state index contributed by atoms with van der Waals surface area (Å²) in [5.74, 6) is -3.76. The fourth-order valence-corrected chi connectivity index (χ4v) is 5.54. The molecule has 1 aliphatic heterocycles. The maximum atomic E-state index is 12.7. The normalized spacial score (nSPS) is 18.5. The lowest BCUT2D eigenvalue weighted by molar-refractivity contribution is -0.192. The minimum atomic E-state index is -5.08. The average Bonchev–Trinajstić information content (AvgIpc) is 2.75. The zero-order valence-electron chi connectivity index (χ0n) is 21.3. The summed E-state index contributed by atoms with van der Waals surface area (Å²) in [7, 11) is -2.02. The first-order valence-electron chi connectivity index (χ1n) is 12.3. The number of nitrogens with one attached hydrogen (secondary N) is 2. The highest BCUT2D eigenvalue weighted by Gasteiger charge is 2.40. The molecular formula is C24H38F3N3O6S. The van der Waals surface area contributed by atoms with Crippen LogP contribution >= 0.6 is 0 Å². The number of likely N-dealkylation sites (tertiary alicyclic amines) is 1. The molecule has 1 heterocycles. The van der Waals surface area contributed by atoms with Crippen molar-refractivity contribution in [2.45, 2.75) is 82.8 Å². The quantitative estimate of drug-likeness (QED) is 0.266. The molecule has 1 atom stereocenters. The van der Waals surface area contributed by atoms with Gasteiger partial charge in [0, 0.05) is 12.2 Å². The lowest BCUT2D eigenvalue weighted by atomic mass is 9.87. The Morgan fingerprint density at radius 2 is 1.62 bits per heavy atom. The number of carbonyl (C=O) groups is 2. The first kappa shape index (κ1) is 32.6. The molecule has 0 aromatic heterocycles. The molecular weight excluding hydrogens is 515 g/mol. The van der Waals surface area contributed by atoms with Crippen LogP contribution in [0.5, 0.6) is 0 Å². The van der Waals surface area contributed by atoms with Crippen LogP contribution in [0.2, 0.25) is 0 Å². The Balaban J connectivity index is 0.000000856. The second kappa shape index (κ2) is 15.1. The van der Waals surface area contributed by atoms with E-state index in [-0.39, 0.29) is 6.42 Å². The molecule has 1 aromatic rings. The predicted molar refractivity (Wildman–Crippen MR) is 135 cm³/mol. The van der Waals surface area contributed by atoms with Crippen LogP contribution < -0.4 is 9.44 Å². The Labute approximate surface area is 216 Å². The Hall–Kier alpha value is -2.38. The van der Waals surface area contributed by atoms with E-state index in [2.05, 4.69) is 16.4 Å². The van der Waals surface area contributed by atoms with Crippen LogP contribution in [0.1, 0.15) is 70.3 Å². The highest BCUT2D eigenvalue weighted by Crippen LogP contribution is 2.25. The number of hydrogen-bond donors (Lipinski definition) is 4. The van der Waals surface area contributed by atoms with Gasteiger partial charge >= 0.3 is 18.1 Å². The fourth-order valence-electron chi connectivity index (χ4n) is 4.23. The number of benzene rings is 1. The van der Waals surface area contributed by atoms with Crippen molar-refractivity contribution in [1.82, 2.24) is 9.62 Å². The van der Waals surface area contributed by atoms with E-state index in [1.165, 1.54) is 37.7 Å². The Morgan fingerprint density at radius 1 is 1.05 bits per heavy atom. The van der Waals surface area contributed by atoms with Gasteiger partial charge < -0.3 is 15.1 Å². The Morgan fingerprint density at radius 3 is 2.14 bits per heavy atom. The Bertz CT molecular complexity index is 957. The summed E-state index contributed by atoms with van der Waals surface area (Å²) in [5, 5.41) is 16.4. The molecule has 4 N–H and O–H groups in total. The maximum absolute atomic E-state index is 12.7. The van der Waals surface area contributed by atoms with Gasteiger partial charge in [0.2, 0.25) is 0 Å². The van der Waals surface area contributed by atoms with E-state index in [0.717, 1.165) is 25.8 Å². The molecule has 37 heavy (non-hydrogen) atoms. The van der Waals surface area contributed by atoms with Gasteiger partial charge in [-0.25, -0.2) is 4.79 Å². The number of alkyl halides is 3. The molecule has 13 heteroatoms. The molecule has 1 fully saturated rings. The maximum Gasteiger partial charge on any atom is 0.490 e. The fraction of sp³-hybridized carbons (Fsp3) is 0.667. The van der Waals surface area contributed by atoms with Crippen LogP contribution in [-0.4, -0.2) is 67.3 Å². The molecule has 2 rings (SSSR count). The number of piperidine rings is 1. The summed E-state index contributed by atoms with van der Waals surface area (Å²) >= 11 is 0. The van der Waals surface area contributed by atoms with Gasteiger partial charge in [0.15, 0.2) is 0 Å². The molecule has 0 bridgehead atoms. The van der Waals surface area contributed by atoms with E-state index in [4.69, 9.17) is 9.90 Å². The molecule has 9 nitrogen and oxygen atoms in total. The third-order valence-electron chi connectivity index (χ3n) is 5.88. The number of nitrogens with zero attached hydrogens (tertiary/aromatic N) is 1. The van der Waals surface area contributed by atoms with Crippen LogP contribution in [0.3, 0.4) is 0 Å². The van der Waals surface area contributed by atoms with E-state index in [9.17, 15) is 31.5 Å². The summed E-state index contributed by atoms with van der Waals surface area (Å²) in [6, 6.07) is 7.43. The van der Waals surface area contributed by atoms with Gasteiger partial charge in [-0.15, -0.1) is 0 Å². The van der Waals surface area contributed by atoms with Crippen molar-refractivity contribution in [3.8, 4) is 0 Å². The van der Waals surface area contributed by atoms with Crippen molar-refractivity contribution in [2.24, 2.45) is 0 Å². The molecule has 1 aromatic carbocycles. The molecule has 0 aliphatic carbocycles. The highest BCUT2D eigenvalue weighted by atomic mass is 32.2. The third kappa shape index (κ3) is 13.7. The van der Waals surface area contributed by atoms with Gasteiger partial charge in [-0.05, 0) is 57.0 Å². The summed E-state index contributed by atoms with van der Waals surface area (Å²) in [6.45, 7) is 3.42. The first-order valence-corrected chi connectivity index (χ1v) is 13.8. The van der Waals surface area contributed by atoms with Crippen molar-refractivity contribution in [2.75, 3.05) is 24.9 Å². The number of unbranched alkanes of at least 4 members (excludes halogenated alkanes) is 5. The number of rotatable bonds is 13. The third-order valence-corrected chi connectivity index (χ3v) is 7.08. The van der Waals surface area contributed by atoms with E-state index in [0.29, 0.717) is 18.7 Å². The molecule has 1 aliphatic rings. The number of aryl methyl sites for hydroxylation is 1. The van der Waals surface area contributed by atoms with E-state index < -0.39 is 33.9 Å². The molecule has 0 amide bonds. The number of carboxylic acid groups (broad SMARTS) is 2. The Kier molecular flexibility index (Phi) is 13.4. The topological polar surface area (TPSA) is 136 Å². The standard InChI is InChI=1S/C22H37N3O4S.C2HF3O2/c1-3-4-5-6-7-8-10-19-11-13-20(14-12-19)23-30(28,29)24-22(17-21(26)27)15-9-16-25(2)18-22;3-2(4,5)1(6)7/h11-14,23-24H,3-10,15-18H2,1-2H3,(H,26,27);(H,6,7). The SMILES string of the molecule is CCCCCCCCc1ccc(NS(=O)(=O)NC2(CC(=O)O)CCCN(C)C2)cc1.O=C(O)C(F)(F)F. The van der Waals surface area contributed by atoms with Crippen LogP contribution in [0.15, 0.2) is 24.3 Å². The first-order chi connectivity index (χ1) is 17.2. The van der Waals surface area contributed by atoms with Crippen molar-refractivity contribution >= 4 is 27.8 Å². The molecule has 0 radical (unpaired) electrons. The van der Waals surface area contributed by atoms with Crippen LogP contribution in [0, 0.1) is 0 Å². The lowest BCUT2D eigenvalue weighted by Crippen LogP contribution is -2.59. The van der Waals surface area contributed by atoms with E-state index in [1.54, 1.807) is 12.1 Å². The average molecular weight is 554 g/mol. The zero-order chi connectivity index (χ0) is 28.1. The summed E-state index contributed by atoms with van der Waals surface area (Å²) in [4.78, 5) is 22.2. The van der Waals surface area contributed by atoms with Crippen LogP contribution in [0.25, 0.3) is 0 Å². The number of likely N-dealkylation sites (N-methyl/N-ethyl adjacent to an activating group) is 1.